The molecule has 22 heavy (non-hydrogen) atoms. The molecule has 0 bridgehead atoms. The van der Waals surface area contributed by atoms with Crippen molar-refractivity contribution < 1.29 is 18.0 Å². The summed E-state index contributed by atoms with van der Waals surface area (Å²) in [5.41, 5.74) is 0.799. The molecule has 9 heteroatoms. The van der Waals surface area contributed by atoms with Crippen molar-refractivity contribution >= 4 is 44.5 Å². The molecule has 2 aliphatic heterocycles. The number of hydrogen-bond donors (Lipinski definition) is 0. The Morgan fingerprint density at radius 2 is 1.95 bits per heavy atom. The highest BCUT2D eigenvalue weighted by molar-refractivity contribution is 8.14. The van der Waals surface area contributed by atoms with Crippen molar-refractivity contribution in [1.29, 1.82) is 0 Å². The molecule has 6 nitrogen and oxygen atoms in total. The van der Waals surface area contributed by atoms with Gasteiger partial charge in [0.2, 0.25) is 15.9 Å². The number of nitrogens with zero attached hydrogens (tertiary/aromatic N) is 2. The zero-order valence-electron chi connectivity index (χ0n) is 11.7. The Kier molecular flexibility index (Phi) is 3.96. The van der Waals surface area contributed by atoms with E-state index in [1.165, 1.54) is 21.3 Å². The molecule has 118 valence electrons. The maximum absolute atomic E-state index is 12.5. The summed E-state index contributed by atoms with van der Waals surface area (Å²) in [4.78, 5) is 24.5. The van der Waals surface area contributed by atoms with Crippen LogP contribution in [0.25, 0.3) is 0 Å². The number of sulfonamides is 1. The fraction of sp³-hybridized carbons (Fsp3) is 0.385. The van der Waals surface area contributed by atoms with Crippen LogP contribution in [0.1, 0.15) is 5.56 Å². The van der Waals surface area contributed by atoms with Crippen LogP contribution in [-0.4, -0.2) is 53.7 Å². The van der Waals surface area contributed by atoms with E-state index in [2.05, 4.69) is 0 Å². The zero-order valence-corrected chi connectivity index (χ0v) is 14.0. The van der Waals surface area contributed by atoms with Crippen LogP contribution in [0.4, 0.5) is 4.79 Å². The van der Waals surface area contributed by atoms with Crippen molar-refractivity contribution in [3.63, 3.8) is 0 Å². The number of amides is 2. The fourth-order valence-corrected chi connectivity index (χ4v) is 4.94. The molecule has 0 N–H and O–H groups in total. The second kappa shape index (κ2) is 5.52. The largest absolute Gasteiger partial charge is 0.289 e. The van der Waals surface area contributed by atoms with Gasteiger partial charge in [0, 0.05) is 18.1 Å². The molecular weight excluding hydrogens is 348 g/mol. The molecule has 2 saturated heterocycles. The molecule has 2 heterocycles. The van der Waals surface area contributed by atoms with E-state index in [9.17, 15) is 18.0 Å². The van der Waals surface area contributed by atoms with Gasteiger partial charge in [-0.2, -0.15) is 4.31 Å². The number of halogens is 1. The number of carbonyl (C=O) groups excluding carboxylic acids is 2. The van der Waals surface area contributed by atoms with Gasteiger partial charge in [-0.3, -0.25) is 14.5 Å². The molecule has 1 aromatic rings. The summed E-state index contributed by atoms with van der Waals surface area (Å²) in [5, 5.41) is 0.0878. The molecule has 0 aliphatic carbocycles. The van der Waals surface area contributed by atoms with Gasteiger partial charge < -0.3 is 0 Å². The first-order valence-electron chi connectivity index (χ1n) is 6.56. The molecular formula is C13H13ClN2O4S2. The first kappa shape index (κ1) is 15.8. The predicted octanol–water partition coefficient (Wildman–Crippen LogP) is 1.72. The molecule has 2 fully saturated rings. The van der Waals surface area contributed by atoms with Crippen LogP contribution in [-0.2, 0) is 14.8 Å². The van der Waals surface area contributed by atoms with E-state index in [0.717, 1.165) is 17.3 Å². The quantitative estimate of drug-likeness (QED) is 0.820. The Hall–Kier alpha value is -1.09. The summed E-state index contributed by atoms with van der Waals surface area (Å²) in [7, 11) is -3.65. The predicted molar refractivity (Wildman–Crippen MR) is 83.4 cm³/mol. The van der Waals surface area contributed by atoms with Crippen molar-refractivity contribution in [3.8, 4) is 0 Å². The number of thioether (sulfide) groups is 1. The summed E-state index contributed by atoms with van der Waals surface area (Å²) in [6, 6.07) is 4.20. The molecule has 0 atom stereocenters. The van der Waals surface area contributed by atoms with Crippen molar-refractivity contribution in [2.75, 3.05) is 18.8 Å². The first-order chi connectivity index (χ1) is 10.3. The monoisotopic (exact) mass is 360 g/mol. The zero-order chi connectivity index (χ0) is 16.1. The molecule has 0 aromatic heterocycles. The Bertz CT molecular complexity index is 743. The topological polar surface area (TPSA) is 74.8 Å². The van der Waals surface area contributed by atoms with E-state index >= 15 is 0 Å². The minimum atomic E-state index is -3.65. The van der Waals surface area contributed by atoms with Crippen LogP contribution < -0.4 is 0 Å². The maximum atomic E-state index is 12.5. The van der Waals surface area contributed by atoms with E-state index in [0.29, 0.717) is 5.02 Å². The average Bonchev–Trinajstić information content (AvgIpc) is 2.72. The molecule has 0 spiro atoms. The van der Waals surface area contributed by atoms with Gasteiger partial charge in [-0.25, -0.2) is 8.42 Å². The molecule has 1 aromatic carbocycles. The van der Waals surface area contributed by atoms with E-state index in [-0.39, 0.29) is 40.9 Å². The van der Waals surface area contributed by atoms with Crippen LogP contribution in [0.15, 0.2) is 23.1 Å². The van der Waals surface area contributed by atoms with Crippen LogP contribution in [0.5, 0.6) is 0 Å². The highest BCUT2D eigenvalue weighted by Gasteiger charge is 2.45. The number of rotatable bonds is 3. The lowest BCUT2D eigenvalue weighted by molar-refractivity contribution is -0.127. The van der Waals surface area contributed by atoms with Gasteiger partial charge in [0.1, 0.15) is 0 Å². The van der Waals surface area contributed by atoms with Crippen molar-refractivity contribution in [1.82, 2.24) is 9.21 Å². The number of benzene rings is 1. The summed E-state index contributed by atoms with van der Waals surface area (Å²) >= 11 is 6.92. The summed E-state index contributed by atoms with van der Waals surface area (Å²) < 4.78 is 26.2. The van der Waals surface area contributed by atoms with Gasteiger partial charge in [0.15, 0.2) is 0 Å². The van der Waals surface area contributed by atoms with Gasteiger partial charge in [-0.15, -0.1) is 0 Å². The van der Waals surface area contributed by atoms with Crippen LogP contribution in [0.2, 0.25) is 5.02 Å². The van der Waals surface area contributed by atoms with Crippen LogP contribution in [0.3, 0.4) is 0 Å². The molecule has 3 rings (SSSR count). The average molecular weight is 361 g/mol. The summed E-state index contributed by atoms with van der Waals surface area (Å²) in [6.45, 7) is 2.05. The molecule has 2 amide bonds. The molecule has 2 aliphatic rings. The van der Waals surface area contributed by atoms with Crippen LogP contribution >= 0.6 is 23.4 Å². The van der Waals surface area contributed by atoms with Gasteiger partial charge in [-0.05, 0) is 24.6 Å². The van der Waals surface area contributed by atoms with E-state index < -0.39 is 10.0 Å². The normalized spacial score (nSPS) is 20.5. The highest BCUT2D eigenvalue weighted by Crippen LogP contribution is 2.30. The second-order valence-corrected chi connectivity index (χ2v) is 8.48. The highest BCUT2D eigenvalue weighted by atomic mass is 35.5. The van der Waals surface area contributed by atoms with E-state index in [4.69, 9.17) is 11.6 Å². The number of carbonyl (C=O) groups is 2. The standard InChI is InChI=1S/C13H13ClN2O4S2/c1-8-2-3-10(4-11(8)14)22(19,20)15-5-9(6-15)16-12(17)7-21-13(16)18/h2-4,9H,5-7H2,1H3. The first-order valence-corrected chi connectivity index (χ1v) is 9.36. The van der Waals surface area contributed by atoms with Gasteiger partial charge >= 0.3 is 0 Å². The van der Waals surface area contributed by atoms with Gasteiger partial charge in [0.05, 0.1) is 16.7 Å². The lowest BCUT2D eigenvalue weighted by Gasteiger charge is -2.41. The lowest BCUT2D eigenvalue weighted by atomic mass is 10.1. The third-order valence-corrected chi connectivity index (χ3v) is 6.83. The third kappa shape index (κ3) is 2.54. The Morgan fingerprint density at radius 3 is 2.50 bits per heavy atom. The van der Waals surface area contributed by atoms with E-state index in [1.54, 1.807) is 13.0 Å². The lowest BCUT2D eigenvalue weighted by Crippen LogP contribution is -2.61. The minimum Gasteiger partial charge on any atom is -0.273 e. The van der Waals surface area contributed by atoms with Crippen LogP contribution in [0, 0.1) is 6.92 Å². The second-order valence-electron chi connectivity index (χ2n) is 5.21. The third-order valence-electron chi connectivity index (χ3n) is 3.76. The summed E-state index contributed by atoms with van der Waals surface area (Å²) in [6.07, 6.45) is 0. The van der Waals surface area contributed by atoms with Crippen molar-refractivity contribution in [2.45, 2.75) is 17.9 Å². The van der Waals surface area contributed by atoms with E-state index in [1.807, 2.05) is 0 Å². The van der Waals surface area contributed by atoms with Crippen molar-refractivity contribution in [3.05, 3.63) is 28.8 Å². The maximum Gasteiger partial charge on any atom is 0.289 e. The smallest absolute Gasteiger partial charge is 0.273 e. The minimum absolute atomic E-state index is 0.120. The fourth-order valence-electron chi connectivity index (χ4n) is 2.38. The number of hydrogen-bond acceptors (Lipinski definition) is 5. The van der Waals surface area contributed by atoms with Crippen molar-refractivity contribution in [2.24, 2.45) is 0 Å². The SMILES string of the molecule is Cc1ccc(S(=O)(=O)N2CC(N3C(=O)CSC3=O)C2)cc1Cl. The van der Waals surface area contributed by atoms with Gasteiger partial charge in [-0.1, -0.05) is 29.4 Å². The number of imide groups is 1. The van der Waals surface area contributed by atoms with Gasteiger partial charge in [0.25, 0.3) is 5.24 Å². The Labute approximate surface area is 137 Å². The summed E-state index contributed by atoms with van der Waals surface area (Å²) in [5.74, 6) is -0.120. The Balaban J connectivity index is 1.75. The molecule has 0 radical (unpaired) electrons. The number of aryl methyl sites for hydroxylation is 1. The Morgan fingerprint density at radius 1 is 1.27 bits per heavy atom. The molecule has 0 unspecified atom stereocenters. The molecule has 0 saturated carbocycles.